The number of benzene rings is 1. The third-order valence-electron chi connectivity index (χ3n) is 3.60. The molecule has 2 nitrogen and oxygen atoms in total. The first-order valence-corrected chi connectivity index (χ1v) is 7.21. The van der Waals surface area contributed by atoms with Crippen molar-refractivity contribution in [2.75, 3.05) is 0 Å². The minimum atomic E-state index is -0.0194. The highest BCUT2D eigenvalue weighted by atomic mass is 16.1. The van der Waals surface area contributed by atoms with Gasteiger partial charge in [-0.1, -0.05) is 39.0 Å². The predicted octanol–water partition coefficient (Wildman–Crippen LogP) is 4.79. The Hall–Kier alpha value is -1.44. The Bertz CT molecular complexity index is 454. The first-order chi connectivity index (χ1) is 9.04. The van der Waals surface area contributed by atoms with Crippen LogP contribution in [0.2, 0.25) is 0 Å². The predicted molar refractivity (Wildman–Crippen MR) is 82.4 cm³/mol. The lowest BCUT2D eigenvalue weighted by Gasteiger charge is -2.16. The summed E-state index contributed by atoms with van der Waals surface area (Å²) in [4.78, 5) is 16.8. The van der Waals surface area contributed by atoms with Crippen molar-refractivity contribution in [2.24, 2.45) is 10.9 Å². The standard InChI is InChI=1S/C17H25NO/c1-6-14(16(19)8-3)15(7-2)18-17-12(4)10-9-11-13(17)5/h9-11,14H,6-8H2,1-5H3. The molecule has 0 amide bonds. The molecule has 1 unspecified atom stereocenters. The normalized spacial score (nSPS) is 13.4. The molecule has 0 bridgehead atoms. The molecule has 0 spiro atoms. The molecule has 0 radical (unpaired) electrons. The average molecular weight is 259 g/mol. The number of ketones is 1. The average Bonchev–Trinajstić information content (AvgIpc) is 2.41. The molecule has 1 aromatic rings. The van der Waals surface area contributed by atoms with Gasteiger partial charge in [0.25, 0.3) is 0 Å². The maximum absolute atomic E-state index is 12.0. The van der Waals surface area contributed by atoms with Crippen molar-refractivity contribution in [3.63, 3.8) is 0 Å². The van der Waals surface area contributed by atoms with Crippen molar-refractivity contribution < 1.29 is 4.79 Å². The van der Waals surface area contributed by atoms with E-state index in [1.165, 1.54) is 11.1 Å². The van der Waals surface area contributed by atoms with Crippen LogP contribution in [0.3, 0.4) is 0 Å². The number of aliphatic imine (C=N–C) groups is 1. The van der Waals surface area contributed by atoms with Gasteiger partial charge in [-0.25, -0.2) is 0 Å². The Balaban J connectivity index is 3.21. The number of carbonyl (C=O) groups excluding carboxylic acids is 1. The molecule has 0 aliphatic rings. The summed E-state index contributed by atoms with van der Waals surface area (Å²) in [5, 5.41) is 0. The summed E-state index contributed by atoms with van der Waals surface area (Å²) in [7, 11) is 0. The van der Waals surface area contributed by atoms with Gasteiger partial charge in [0.2, 0.25) is 0 Å². The summed E-state index contributed by atoms with van der Waals surface area (Å²) in [6, 6.07) is 6.19. The van der Waals surface area contributed by atoms with Crippen LogP contribution in [0.1, 0.15) is 51.2 Å². The van der Waals surface area contributed by atoms with Gasteiger partial charge in [0.1, 0.15) is 5.78 Å². The van der Waals surface area contributed by atoms with Gasteiger partial charge in [-0.2, -0.15) is 0 Å². The van der Waals surface area contributed by atoms with E-state index < -0.39 is 0 Å². The molecule has 0 heterocycles. The lowest BCUT2D eigenvalue weighted by Crippen LogP contribution is -2.22. The van der Waals surface area contributed by atoms with Crippen LogP contribution in [0.5, 0.6) is 0 Å². The highest BCUT2D eigenvalue weighted by Gasteiger charge is 2.20. The summed E-state index contributed by atoms with van der Waals surface area (Å²) in [6.45, 7) is 10.2. The van der Waals surface area contributed by atoms with E-state index in [4.69, 9.17) is 4.99 Å². The highest BCUT2D eigenvalue weighted by Crippen LogP contribution is 2.25. The maximum atomic E-state index is 12.0. The van der Waals surface area contributed by atoms with E-state index in [9.17, 15) is 4.79 Å². The number of carbonyl (C=O) groups is 1. The van der Waals surface area contributed by atoms with Gasteiger partial charge in [-0.15, -0.1) is 0 Å². The van der Waals surface area contributed by atoms with E-state index >= 15 is 0 Å². The number of hydrogen-bond donors (Lipinski definition) is 0. The van der Waals surface area contributed by atoms with Gasteiger partial charge >= 0.3 is 0 Å². The van der Waals surface area contributed by atoms with Crippen LogP contribution < -0.4 is 0 Å². The minimum absolute atomic E-state index is 0.0194. The monoisotopic (exact) mass is 259 g/mol. The summed E-state index contributed by atoms with van der Waals surface area (Å²) < 4.78 is 0. The second kappa shape index (κ2) is 7.22. The molecule has 1 atom stereocenters. The first kappa shape index (κ1) is 15.6. The van der Waals surface area contributed by atoms with E-state index in [2.05, 4.69) is 39.8 Å². The molecule has 0 aliphatic heterocycles. The van der Waals surface area contributed by atoms with Gasteiger partial charge in [0.05, 0.1) is 11.6 Å². The van der Waals surface area contributed by atoms with E-state index in [0.717, 1.165) is 24.2 Å². The summed E-state index contributed by atoms with van der Waals surface area (Å²) in [6.07, 6.45) is 2.26. The quantitative estimate of drug-likeness (QED) is 0.675. The second-order valence-electron chi connectivity index (χ2n) is 4.98. The Kier molecular flexibility index (Phi) is 5.94. The fourth-order valence-corrected chi connectivity index (χ4v) is 2.42. The fraction of sp³-hybridized carbons (Fsp3) is 0.529. The Labute approximate surface area is 117 Å². The van der Waals surface area contributed by atoms with Crippen molar-refractivity contribution in [1.29, 1.82) is 0 Å². The Morgan fingerprint density at radius 1 is 1.11 bits per heavy atom. The maximum Gasteiger partial charge on any atom is 0.141 e. The van der Waals surface area contributed by atoms with E-state index in [0.29, 0.717) is 12.2 Å². The molecular weight excluding hydrogens is 234 g/mol. The smallest absolute Gasteiger partial charge is 0.141 e. The van der Waals surface area contributed by atoms with Gasteiger partial charge in [-0.3, -0.25) is 9.79 Å². The third-order valence-corrected chi connectivity index (χ3v) is 3.60. The molecule has 0 aromatic heterocycles. The fourth-order valence-electron chi connectivity index (χ4n) is 2.42. The van der Waals surface area contributed by atoms with E-state index in [1.807, 2.05) is 13.0 Å². The van der Waals surface area contributed by atoms with E-state index in [1.54, 1.807) is 0 Å². The van der Waals surface area contributed by atoms with Crippen LogP contribution in [0, 0.1) is 19.8 Å². The Morgan fingerprint density at radius 3 is 2.11 bits per heavy atom. The van der Waals surface area contributed by atoms with Crippen LogP contribution in [0.4, 0.5) is 5.69 Å². The van der Waals surface area contributed by atoms with Crippen LogP contribution in [0.25, 0.3) is 0 Å². The summed E-state index contributed by atoms with van der Waals surface area (Å²) in [5.74, 6) is 0.281. The van der Waals surface area contributed by atoms with Crippen LogP contribution >= 0.6 is 0 Å². The molecule has 0 N–H and O–H groups in total. The SMILES string of the molecule is CCC(=O)C(CC)C(CC)=Nc1c(C)cccc1C. The summed E-state index contributed by atoms with van der Waals surface area (Å²) in [5.41, 5.74) is 4.39. The van der Waals surface area contributed by atoms with Crippen molar-refractivity contribution in [3.8, 4) is 0 Å². The molecule has 1 rings (SSSR count). The molecule has 0 saturated heterocycles. The molecule has 0 fully saturated rings. The molecule has 2 heteroatoms. The number of Topliss-reactive ketones (excluding diaryl/α,β-unsaturated/α-hetero) is 1. The molecule has 104 valence electrons. The highest BCUT2D eigenvalue weighted by molar-refractivity contribution is 6.05. The number of rotatable bonds is 6. The van der Waals surface area contributed by atoms with Gasteiger partial charge in [0, 0.05) is 12.1 Å². The molecule has 0 aliphatic carbocycles. The second-order valence-corrected chi connectivity index (χ2v) is 4.98. The van der Waals surface area contributed by atoms with Crippen molar-refractivity contribution in [3.05, 3.63) is 29.3 Å². The van der Waals surface area contributed by atoms with Crippen molar-refractivity contribution in [2.45, 2.75) is 53.9 Å². The lowest BCUT2D eigenvalue weighted by molar-refractivity contribution is -0.120. The third kappa shape index (κ3) is 3.76. The molecule has 0 saturated carbocycles. The van der Waals surface area contributed by atoms with Crippen LogP contribution in [-0.4, -0.2) is 11.5 Å². The number of nitrogens with zero attached hydrogens (tertiary/aromatic N) is 1. The summed E-state index contributed by atoms with van der Waals surface area (Å²) >= 11 is 0. The van der Waals surface area contributed by atoms with Crippen LogP contribution in [0.15, 0.2) is 23.2 Å². The van der Waals surface area contributed by atoms with Crippen molar-refractivity contribution >= 4 is 17.2 Å². The van der Waals surface area contributed by atoms with Gasteiger partial charge in [-0.05, 0) is 37.8 Å². The molecular formula is C17H25NO. The lowest BCUT2D eigenvalue weighted by atomic mass is 9.92. The van der Waals surface area contributed by atoms with Gasteiger partial charge < -0.3 is 0 Å². The first-order valence-electron chi connectivity index (χ1n) is 7.21. The largest absolute Gasteiger partial charge is 0.299 e. The number of hydrogen-bond acceptors (Lipinski definition) is 2. The Morgan fingerprint density at radius 2 is 1.68 bits per heavy atom. The van der Waals surface area contributed by atoms with Crippen molar-refractivity contribution in [1.82, 2.24) is 0 Å². The zero-order valence-electron chi connectivity index (χ0n) is 12.8. The zero-order chi connectivity index (χ0) is 14.4. The van der Waals surface area contributed by atoms with Gasteiger partial charge in [0.15, 0.2) is 0 Å². The zero-order valence-corrected chi connectivity index (χ0v) is 12.8. The number of para-hydroxylation sites is 1. The topological polar surface area (TPSA) is 29.4 Å². The minimum Gasteiger partial charge on any atom is -0.299 e. The van der Waals surface area contributed by atoms with Crippen LogP contribution in [-0.2, 0) is 4.79 Å². The van der Waals surface area contributed by atoms with E-state index in [-0.39, 0.29) is 5.92 Å². The molecule has 1 aromatic carbocycles. The molecule has 19 heavy (non-hydrogen) atoms. The number of aryl methyl sites for hydroxylation is 2.